The quantitative estimate of drug-likeness (QED) is 0.641. The fourth-order valence-corrected chi connectivity index (χ4v) is 2.36. The molecular weight excluding hydrogens is 388 g/mol. The van der Waals surface area contributed by atoms with Crippen LogP contribution in [0.3, 0.4) is 0 Å². The van der Waals surface area contributed by atoms with Crippen molar-refractivity contribution >= 4 is 39.3 Å². The standard InChI is InChI=1S/C18H19BrN2O4/c1-18(2,3)25-17(24)21-13-7-5-4-6-12(13)16(23)20-14-10-11(19)8-9-15(14)22/h4-10,22H,1-3H3,(H,20,23)(H,21,24). The van der Waals surface area contributed by atoms with Gasteiger partial charge in [-0.1, -0.05) is 28.1 Å². The lowest BCUT2D eigenvalue weighted by Gasteiger charge is -2.20. The molecule has 2 aromatic carbocycles. The fourth-order valence-electron chi connectivity index (χ4n) is 2.00. The van der Waals surface area contributed by atoms with Gasteiger partial charge in [-0.2, -0.15) is 0 Å². The average molecular weight is 407 g/mol. The Morgan fingerprint density at radius 3 is 2.40 bits per heavy atom. The number of hydrogen-bond donors (Lipinski definition) is 3. The number of para-hydroxylation sites is 1. The van der Waals surface area contributed by atoms with E-state index in [-0.39, 0.29) is 17.0 Å². The molecule has 0 fully saturated rings. The van der Waals surface area contributed by atoms with Crippen LogP contribution in [0.25, 0.3) is 0 Å². The van der Waals surface area contributed by atoms with Crippen LogP contribution in [0.5, 0.6) is 5.75 Å². The average Bonchev–Trinajstić information content (AvgIpc) is 2.49. The van der Waals surface area contributed by atoms with Gasteiger partial charge in [0, 0.05) is 4.47 Å². The van der Waals surface area contributed by atoms with E-state index in [1.165, 1.54) is 6.07 Å². The van der Waals surface area contributed by atoms with Gasteiger partial charge in [-0.3, -0.25) is 10.1 Å². The first-order valence-corrected chi connectivity index (χ1v) is 8.34. The van der Waals surface area contributed by atoms with E-state index >= 15 is 0 Å². The number of nitrogens with one attached hydrogen (secondary N) is 2. The Morgan fingerprint density at radius 2 is 1.72 bits per heavy atom. The second-order valence-electron chi connectivity index (χ2n) is 6.29. The van der Waals surface area contributed by atoms with Crippen LogP contribution in [0.1, 0.15) is 31.1 Å². The normalized spacial score (nSPS) is 10.9. The zero-order chi connectivity index (χ0) is 18.6. The molecule has 0 aromatic heterocycles. The monoisotopic (exact) mass is 406 g/mol. The van der Waals surface area contributed by atoms with E-state index in [0.717, 1.165) is 0 Å². The highest BCUT2D eigenvalue weighted by Gasteiger charge is 2.19. The summed E-state index contributed by atoms with van der Waals surface area (Å²) in [4.78, 5) is 24.5. The van der Waals surface area contributed by atoms with E-state index in [2.05, 4.69) is 26.6 Å². The molecule has 0 atom stereocenters. The number of halogens is 1. The Labute approximate surface area is 154 Å². The number of benzene rings is 2. The van der Waals surface area contributed by atoms with Crippen LogP contribution in [0.4, 0.5) is 16.2 Å². The summed E-state index contributed by atoms with van der Waals surface area (Å²) >= 11 is 3.28. The van der Waals surface area contributed by atoms with Gasteiger partial charge in [0.05, 0.1) is 16.9 Å². The van der Waals surface area contributed by atoms with E-state index in [4.69, 9.17) is 4.74 Å². The molecular formula is C18H19BrN2O4. The van der Waals surface area contributed by atoms with Gasteiger partial charge < -0.3 is 15.2 Å². The number of amides is 2. The number of aromatic hydroxyl groups is 1. The second kappa shape index (κ2) is 7.57. The Balaban J connectivity index is 2.20. The van der Waals surface area contributed by atoms with Crippen LogP contribution < -0.4 is 10.6 Å². The van der Waals surface area contributed by atoms with Gasteiger partial charge in [0.2, 0.25) is 0 Å². The number of phenolic OH excluding ortho intramolecular Hbond substituents is 1. The molecule has 0 aliphatic heterocycles. The number of ether oxygens (including phenoxy) is 1. The van der Waals surface area contributed by atoms with Gasteiger partial charge in [0.15, 0.2) is 0 Å². The molecule has 2 amide bonds. The summed E-state index contributed by atoms with van der Waals surface area (Å²) in [5.41, 5.74) is 0.159. The van der Waals surface area contributed by atoms with Gasteiger partial charge in [-0.15, -0.1) is 0 Å². The largest absolute Gasteiger partial charge is 0.506 e. The van der Waals surface area contributed by atoms with Crippen molar-refractivity contribution in [2.45, 2.75) is 26.4 Å². The third-order valence-electron chi connectivity index (χ3n) is 3.01. The van der Waals surface area contributed by atoms with Crippen LogP contribution in [0.15, 0.2) is 46.9 Å². The summed E-state index contributed by atoms with van der Waals surface area (Å²) in [5, 5.41) is 15.0. The molecule has 2 aromatic rings. The van der Waals surface area contributed by atoms with Crippen LogP contribution in [0.2, 0.25) is 0 Å². The highest BCUT2D eigenvalue weighted by atomic mass is 79.9. The van der Waals surface area contributed by atoms with E-state index < -0.39 is 17.6 Å². The Hall–Kier alpha value is -2.54. The Morgan fingerprint density at radius 1 is 1.04 bits per heavy atom. The third kappa shape index (κ3) is 5.49. The molecule has 0 aliphatic rings. The molecule has 132 valence electrons. The summed E-state index contributed by atoms with van der Waals surface area (Å²) in [5.74, 6) is -0.533. The first-order valence-electron chi connectivity index (χ1n) is 7.54. The van der Waals surface area contributed by atoms with Gasteiger partial charge in [-0.25, -0.2) is 4.79 Å². The summed E-state index contributed by atoms with van der Waals surface area (Å²) in [7, 11) is 0. The maximum absolute atomic E-state index is 12.5. The predicted octanol–water partition coefficient (Wildman–Crippen LogP) is 4.75. The molecule has 0 aliphatic carbocycles. The van der Waals surface area contributed by atoms with Gasteiger partial charge in [0.25, 0.3) is 5.91 Å². The first-order chi connectivity index (χ1) is 11.7. The zero-order valence-electron chi connectivity index (χ0n) is 14.1. The summed E-state index contributed by atoms with van der Waals surface area (Å²) < 4.78 is 5.91. The molecule has 25 heavy (non-hydrogen) atoms. The van der Waals surface area contributed by atoms with E-state index in [1.54, 1.807) is 57.2 Å². The number of rotatable bonds is 3. The Bertz CT molecular complexity index is 800. The zero-order valence-corrected chi connectivity index (χ0v) is 15.7. The number of carbonyl (C=O) groups excluding carboxylic acids is 2. The van der Waals surface area contributed by atoms with Crippen molar-refractivity contribution in [3.8, 4) is 5.75 Å². The van der Waals surface area contributed by atoms with Crippen LogP contribution >= 0.6 is 15.9 Å². The van der Waals surface area contributed by atoms with Crippen LogP contribution in [0, 0.1) is 0 Å². The minimum absolute atomic E-state index is 0.0610. The highest BCUT2D eigenvalue weighted by Crippen LogP contribution is 2.28. The van der Waals surface area contributed by atoms with Crippen molar-refractivity contribution in [1.82, 2.24) is 0 Å². The van der Waals surface area contributed by atoms with E-state index in [1.807, 2.05) is 0 Å². The lowest BCUT2D eigenvalue weighted by molar-refractivity contribution is 0.0636. The number of hydrogen-bond acceptors (Lipinski definition) is 4. The van der Waals surface area contributed by atoms with E-state index in [0.29, 0.717) is 10.2 Å². The number of anilines is 2. The summed E-state index contributed by atoms with van der Waals surface area (Å²) in [6.07, 6.45) is -0.655. The van der Waals surface area contributed by atoms with Gasteiger partial charge >= 0.3 is 6.09 Å². The predicted molar refractivity (Wildman–Crippen MR) is 100 cm³/mol. The minimum atomic E-state index is -0.655. The maximum Gasteiger partial charge on any atom is 0.412 e. The lowest BCUT2D eigenvalue weighted by Crippen LogP contribution is -2.28. The van der Waals surface area contributed by atoms with Crippen LogP contribution in [-0.2, 0) is 4.74 Å². The smallest absolute Gasteiger partial charge is 0.412 e. The molecule has 0 saturated carbocycles. The molecule has 0 bridgehead atoms. The molecule has 3 N–H and O–H groups in total. The summed E-state index contributed by atoms with van der Waals surface area (Å²) in [6.45, 7) is 5.25. The molecule has 0 spiro atoms. The van der Waals surface area contributed by atoms with Crippen molar-refractivity contribution in [2.24, 2.45) is 0 Å². The van der Waals surface area contributed by atoms with Crippen molar-refractivity contribution in [2.75, 3.05) is 10.6 Å². The maximum atomic E-state index is 12.5. The van der Waals surface area contributed by atoms with Gasteiger partial charge in [0.1, 0.15) is 11.4 Å². The first kappa shape index (κ1) is 18.8. The van der Waals surface area contributed by atoms with Crippen molar-refractivity contribution in [1.29, 1.82) is 0 Å². The topological polar surface area (TPSA) is 87.7 Å². The third-order valence-corrected chi connectivity index (χ3v) is 3.51. The van der Waals surface area contributed by atoms with Gasteiger partial charge in [-0.05, 0) is 51.1 Å². The van der Waals surface area contributed by atoms with Crippen molar-refractivity contribution in [3.63, 3.8) is 0 Å². The van der Waals surface area contributed by atoms with Crippen LogP contribution in [-0.4, -0.2) is 22.7 Å². The van der Waals surface area contributed by atoms with Crippen molar-refractivity contribution in [3.05, 3.63) is 52.5 Å². The van der Waals surface area contributed by atoms with E-state index in [9.17, 15) is 14.7 Å². The number of carbonyl (C=O) groups is 2. The molecule has 0 heterocycles. The lowest BCUT2D eigenvalue weighted by atomic mass is 10.1. The minimum Gasteiger partial charge on any atom is -0.506 e. The molecule has 6 nitrogen and oxygen atoms in total. The summed E-state index contributed by atoms with van der Waals surface area (Å²) in [6, 6.07) is 11.2. The molecule has 0 radical (unpaired) electrons. The fraction of sp³-hybridized carbons (Fsp3) is 0.222. The SMILES string of the molecule is CC(C)(C)OC(=O)Nc1ccccc1C(=O)Nc1cc(Br)ccc1O. The number of phenols is 1. The second-order valence-corrected chi connectivity index (χ2v) is 7.20. The van der Waals surface area contributed by atoms with Crippen molar-refractivity contribution < 1.29 is 19.4 Å². The molecule has 7 heteroatoms. The molecule has 0 unspecified atom stereocenters. The molecule has 0 saturated heterocycles. The highest BCUT2D eigenvalue weighted by molar-refractivity contribution is 9.10. The molecule has 2 rings (SSSR count). The Kier molecular flexibility index (Phi) is 5.69.